The minimum atomic E-state index is -0.892. The van der Waals surface area contributed by atoms with Gasteiger partial charge in [-0.1, -0.05) is 0 Å². The number of carbonyl (C=O) groups excluding carboxylic acids is 1. The Balaban J connectivity index is 2.79. The highest BCUT2D eigenvalue weighted by atomic mass is 16.7. The second-order valence-electron chi connectivity index (χ2n) is 3.72. The highest BCUT2D eigenvalue weighted by molar-refractivity contribution is 5.98. The summed E-state index contributed by atoms with van der Waals surface area (Å²) in [4.78, 5) is 22.2. The summed E-state index contributed by atoms with van der Waals surface area (Å²) in [5.74, 6) is -1.11. The molecule has 16 heavy (non-hydrogen) atoms. The lowest BCUT2D eigenvalue weighted by molar-refractivity contribution is -0.137. The number of carboxylic acids is 1. The first kappa shape index (κ1) is 12.9. The molecular formula is C11H16O5. The van der Waals surface area contributed by atoms with Crippen molar-refractivity contribution in [1.29, 1.82) is 0 Å². The molecule has 1 rings (SSSR count). The average molecular weight is 228 g/mol. The maximum atomic E-state index is 11.6. The van der Waals surface area contributed by atoms with Gasteiger partial charge in [-0.3, -0.25) is 9.59 Å². The zero-order valence-electron chi connectivity index (χ0n) is 9.43. The highest BCUT2D eigenvalue weighted by Crippen LogP contribution is 2.31. The number of allylic oxidation sites excluding steroid dienone is 1. The van der Waals surface area contributed by atoms with Crippen LogP contribution >= 0.6 is 0 Å². The van der Waals surface area contributed by atoms with E-state index in [-0.39, 0.29) is 18.1 Å². The van der Waals surface area contributed by atoms with Crippen LogP contribution < -0.4 is 0 Å². The molecule has 1 aliphatic rings. The van der Waals surface area contributed by atoms with E-state index in [9.17, 15) is 9.59 Å². The van der Waals surface area contributed by atoms with Crippen molar-refractivity contribution in [1.82, 2.24) is 0 Å². The van der Waals surface area contributed by atoms with Crippen LogP contribution in [0.5, 0.6) is 0 Å². The van der Waals surface area contributed by atoms with Crippen molar-refractivity contribution in [2.45, 2.75) is 25.6 Å². The second-order valence-corrected chi connectivity index (χ2v) is 3.72. The van der Waals surface area contributed by atoms with E-state index in [1.165, 1.54) is 14.2 Å². The van der Waals surface area contributed by atoms with Gasteiger partial charge in [-0.25, -0.2) is 0 Å². The van der Waals surface area contributed by atoms with Crippen molar-refractivity contribution >= 4 is 11.8 Å². The van der Waals surface area contributed by atoms with E-state index in [1.54, 1.807) is 6.08 Å². The van der Waals surface area contributed by atoms with Crippen molar-refractivity contribution in [2.24, 2.45) is 5.92 Å². The lowest BCUT2D eigenvalue weighted by Gasteiger charge is -2.12. The van der Waals surface area contributed by atoms with E-state index in [4.69, 9.17) is 14.6 Å². The Morgan fingerprint density at radius 3 is 2.69 bits per heavy atom. The van der Waals surface area contributed by atoms with Crippen LogP contribution in [0, 0.1) is 5.92 Å². The van der Waals surface area contributed by atoms with Crippen LogP contribution in [0.2, 0.25) is 0 Å². The Labute approximate surface area is 94.0 Å². The Morgan fingerprint density at radius 2 is 2.19 bits per heavy atom. The summed E-state index contributed by atoms with van der Waals surface area (Å²) in [5.41, 5.74) is 0.524. The molecule has 1 unspecified atom stereocenters. The Morgan fingerprint density at radius 1 is 1.56 bits per heavy atom. The van der Waals surface area contributed by atoms with Gasteiger partial charge in [-0.15, -0.1) is 0 Å². The largest absolute Gasteiger partial charge is 0.481 e. The van der Waals surface area contributed by atoms with Crippen molar-refractivity contribution in [3.63, 3.8) is 0 Å². The molecule has 0 heterocycles. The summed E-state index contributed by atoms with van der Waals surface area (Å²) in [7, 11) is 2.94. The minimum absolute atomic E-state index is 0.00894. The number of hydrogen-bond donors (Lipinski definition) is 1. The quantitative estimate of drug-likeness (QED) is 0.561. The van der Waals surface area contributed by atoms with E-state index in [1.807, 2.05) is 0 Å². The third kappa shape index (κ3) is 3.15. The van der Waals surface area contributed by atoms with Crippen LogP contribution in [0.1, 0.15) is 19.3 Å². The van der Waals surface area contributed by atoms with E-state index in [2.05, 4.69) is 0 Å². The predicted molar refractivity (Wildman–Crippen MR) is 55.9 cm³/mol. The number of carboxylic acid groups (broad SMARTS) is 1. The smallest absolute Gasteiger partial charge is 0.303 e. The SMILES string of the molecule is COC(/C=C1/C(=O)CCC1CC(=O)O)OC. The van der Waals surface area contributed by atoms with Gasteiger partial charge in [0.25, 0.3) is 0 Å². The van der Waals surface area contributed by atoms with Crippen LogP contribution in [0.4, 0.5) is 0 Å². The fraction of sp³-hybridized carbons (Fsp3) is 0.636. The molecule has 0 aromatic heterocycles. The van der Waals surface area contributed by atoms with Gasteiger partial charge in [0.1, 0.15) is 0 Å². The van der Waals surface area contributed by atoms with Gasteiger partial charge in [-0.05, 0) is 24.0 Å². The van der Waals surface area contributed by atoms with Gasteiger partial charge in [0.15, 0.2) is 12.1 Å². The van der Waals surface area contributed by atoms with E-state index in [0.717, 1.165) is 0 Å². The number of hydrogen-bond acceptors (Lipinski definition) is 4. The molecule has 1 atom stereocenters. The Kier molecular flexibility index (Phi) is 4.64. The predicted octanol–water partition coefficient (Wildman–Crippen LogP) is 0.986. The van der Waals surface area contributed by atoms with Crippen molar-refractivity contribution in [3.8, 4) is 0 Å². The third-order valence-corrected chi connectivity index (χ3v) is 2.68. The Hall–Kier alpha value is -1.20. The second kappa shape index (κ2) is 5.77. The first-order valence-electron chi connectivity index (χ1n) is 5.10. The number of rotatable bonds is 5. The molecular weight excluding hydrogens is 212 g/mol. The van der Waals surface area contributed by atoms with Crippen molar-refractivity contribution in [3.05, 3.63) is 11.6 Å². The van der Waals surface area contributed by atoms with Crippen LogP contribution in [0.3, 0.4) is 0 Å². The zero-order valence-corrected chi connectivity index (χ0v) is 9.43. The summed E-state index contributed by atoms with van der Waals surface area (Å²) in [5, 5.41) is 8.73. The first-order valence-corrected chi connectivity index (χ1v) is 5.10. The summed E-state index contributed by atoms with van der Waals surface area (Å²) in [6.45, 7) is 0. The molecule has 0 aromatic rings. The molecule has 0 aliphatic heterocycles. The molecule has 1 fully saturated rings. The summed E-state index contributed by atoms with van der Waals surface area (Å²) < 4.78 is 9.93. The third-order valence-electron chi connectivity index (χ3n) is 2.68. The summed E-state index contributed by atoms with van der Waals surface area (Å²) in [6.07, 6.45) is 1.97. The fourth-order valence-electron chi connectivity index (χ4n) is 1.86. The van der Waals surface area contributed by atoms with Crippen LogP contribution in [-0.2, 0) is 19.1 Å². The molecule has 0 bridgehead atoms. The van der Waals surface area contributed by atoms with E-state index in [0.29, 0.717) is 18.4 Å². The number of methoxy groups -OCH3 is 2. The first-order chi connectivity index (χ1) is 7.58. The van der Waals surface area contributed by atoms with Crippen molar-refractivity contribution in [2.75, 3.05) is 14.2 Å². The van der Waals surface area contributed by atoms with Gasteiger partial charge < -0.3 is 14.6 Å². The highest BCUT2D eigenvalue weighted by Gasteiger charge is 2.30. The number of Topliss-reactive ketones (excluding diaryl/α,β-unsaturated/α-hetero) is 1. The molecule has 1 aliphatic carbocycles. The molecule has 0 aromatic carbocycles. The molecule has 5 heteroatoms. The fourth-order valence-corrected chi connectivity index (χ4v) is 1.86. The number of carbonyl (C=O) groups is 2. The van der Waals surface area contributed by atoms with E-state index >= 15 is 0 Å². The lowest BCUT2D eigenvalue weighted by atomic mass is 9.98. The van der Waals surface area contributed by atoms with Gasteiger partial charge in [-0.2, -0.15) is 0 Å². The summed E-state index contributed by atoms with van der Waals surface area (Å²) in [6, 6.07) is 0. The normalized spacial score (nSPS) is 23.3. The van der Waals surface area contributed by atoms with Crippen molar-refractivity contribution < 1.29 is 24.2 Å². The molecule has 1 saturated carbocycles. The molecule has 0 saturated heterocycles. The van der Waals surface area contributed by atoms with Crippen LogP contribution in [-0.4, -0.2) is 37.4 Å². The Bertz CT molecular complexity index is 303. The molecule has 90 valence electrons. The molecule has 0 radical (unpaired) electrons. The molecule has 0 spiro atoms. The number of ether oxygens (including phenoxy) is 2. The lowest BCUT2D eigenvalue weighted by Crippen LogP contribution is -2.15. The zero-order chi connectivity index (χ0) is 12.1. The molecule has 0 amide bonds. The number of ketones is 1. The van der Waals surface area contributed by atoms with Gasteiger partial charge >= 0.3 is 5.97 Å². The molecule has 1 N–H and O–H groups in total. The maximum Gasteiger partial charge on any atom is 0.303 e. The summed E-state index contributed by atoms with van der Waals surface area (Å²) >= 11 is 0. The minimum Gasteiger partial charge on any atom is -0.481 e. The average Bonchev–Trinajstić information content (AvgIpc) is 2.56. The van der Waals surface area contributed by atoms with Gasteiger partial charge in [0, 0.05) is 20.6 Å². The molecule has 5 nitrogen and oxygen atoms in total. The maximum absolute atomic E-state index is 11.6. The van der Waals surface area contributed by atoms with Crippen LogP contribution in [0.15, 0.2) is 11.6 Å². The monoisotopic (exact) mass is 228 g/mol. The van der Waals surface area contributed by atoms with Gasteiger partial charge in [0.2, 0.25) is 0 Å². The van der Waals surface area contributed by atoms with E-state index < -0.39 is 12.3 Å². The van der Waals surface area contributed by atoms with Crippen LogP contribution in [0.25, 0.3) is 0 Å². The van der Waals surface area contributed by atoms with Gasteiger partial charge in [0.05, 0.1) is 6.42 Å². The number of aliphatic carboxylic acids is 1. The standard InChI is InChI=1S/C11H16O5/c1-15-11(16-2)6-8-7(5-10(13)14)3-4-9(8)12/h6-7,11H,3-5H2,1-2H3,(H,13,14)/b8-6+. The topological polar surface area (TPSA) is 72.8 Å².